The number of carbonyl (C=O) groups is 3. The fourth-order valence-electron chi connectivity index (χ4n) is 10.4. The highest BCUT2D eigenvalue weighted by Gasteiger charge is 2.19. The SMILES string of the molecule is CC/C=C\C/C=C\C/C=C\C/C=C\C/C=C\CCCCCCCCCCCCCCCCCCCC(=O)OCC(COC(=O)CCCCCCCCCCC)OC(=O)CCCCCCCCCCC/C=C\CCCCCCCCCC. The molecule has 0 aromatic rings. The van der Waals surface area contributed by atoms with Crippen molar-refractivity contribution in [2.24, 2.45) is 0 Å². The van der Waals surface area contributed by atoms with Crippen LogP contribution in [-0.4, -0.2) is 37.2 Å². The van der Waals surface area contributed by atoms with E-state index < -0.39 is 6.10 Å². The van der Waals surface area contributed by atoms with Crippen molar-refractivity contribution in [3.63, 3.8) is 0 Å². The summed E-state index contributed by atoms with van der Waals surface area (Å²) in [6.07, 6.45) is 90.9. The third-order valence-electron chi connectivity index (χ3n) is 15.7. The quantitative estimate of drug-likeness (QED) is 0.0261. The molecule has 0 saturated carbocycles. The van der Waals surface area contributed by atoms with E-state index in [0.717, 1.165) is 89.9 Å². The van der Waals surface area contributed by atoms with Gasteiger partial charge in [0, 0.05) is 19.3 Å². The van der Waals surface area contributed by atoms with Gasteiger partial charge in [-0.2, -0.15) is 0 Å². The maximum Gasteiger partial charge on any atom is 0.306 e. The second-order valence-corrected chi connectivity index (χ2v) is 23.8. The minimum atomic E-state index is -0.772. The normalized spacial score (nSPS) is 12.5. The van der Waals surface area contributed by atoms with Crippen LogP contribution in [0.3, 0.4) is 0 Å². The lowest BCUT2D eigenvalue weighted by molar-refractivity contribution is -0.167. The summed E-state index contributed by atoms with van der Waals surface area (Å²) in [4.78, 5) is 38.3. The molecule has 0 bridgehead atoms. The lowest BCUT2D eigenvalue weighted by atomic mass is 10.0. The number of carbonyl (C=O) groups excluding carboxylic acids is 3. The van der Waals surface area contributed by atoms with E-state index in [-0.39, 0.29) is 31.1 Å². The van der Waals surface area contributed by atoms with E-state index in [1.807, 2.05) is 0 Å². The monoisotopic (exact) mass is 1130 g/mol. The Morgan fingerprint density at radius 2 is 0.481 bits per heavy atom. The van der Waals surface area contributed by atoms with Crippen molar-refractivity contribution in [3.05, 3.63) is 72.9 Å². The van der Waals surface area contributed by atoms with E-state index in [4.69, 9.17) is 14.2 Å². The lowest BCUT2D eigenvalue weighted by Gasteiger charge is -2.18. The van der Waals surface area contributed by atoms with Gasteiger partial charge in [0.25, 0.3) is 0 Å². The van der Waals surface area contributed by atoms with E-state index >= 15 is 0 Å². The minimum Gasteiger partial charge on any atom is -0.462 e. The molecule has 1 atom stereocenters. The zero-order valence-corrected chi connectivity index (χ0v) is 54.1. The first kappa shape index (κ1) is 77.9. The van der Waals surface area contributed by atoms with Gasteiger partial charge in [-0.05, 0) is 89.9 Å². The Morgan fingerprint density at radius 1 is 0.259 bits per heavy atom. The Bertz CT molecular complexity index is 1490. The van der Waals surface area contributed by atoms with Gasteiger partial charge in [0.2, 0.25) is 0 Å². The first-order chi connectivity index (χ1) is 40.0. The minimum absolute atomic E-state index is 0.0703. The number of hydrogen-bond donors (Lipinski definition) is 0. The van der Waals surface area contributed by atoms with E-state index in [0.29, 0.717) is 19.3 Å². The summed E-state index contributed by atoms with van der Waals surface area (Å²) in [5.41, 5.74) is 0. The van der Waals surface area contributed by atoms with Gasteiger partial charge < -0.3 is 14.2 Å². The Morgan fingerprint density at radius 3 is 0.765 bits per heavy atom. The van der Waals surface area contributed by atoms with Crippen LogP contribution in [0.1, 0.15) is 367 Å². The van der Waals surface area contributed by atoms with E-state index in [9.17, 15) is 14.4 Å². The van der Waals surface area contributed by atoms with Crippen LogP contribution in [-0.2, 0) is 28.6 Å². The smallest absolute Gasteiger partial charge is 0.306 e. The number of ether oxygens (including phenoxy) is 3. The fourth-order valence-corrected chi connectivity index (χ4v) is 10.4. The molecule has 0 aromatic heterocycles. The van der Waals surface area contributed by atoms with Gasteiger partial charge >= 0.3 is 17.9 Å². The summed E-state index contributed by atoms with van der Waals surface area (Å²) >= 11 is 0. The summed E-state index contributed by atoms with van der Waals surface area (Å²) in [7, 11) is 0. The second-order valence-electron chi connectivity index (χ2n) is 23.8. The Hall–Kier alpha value is -3.15. The van der Waals surface area contributed by atoms with Crippen LogP contribution in [0.5, 0.6) is 0 Å². The summed E-state index contributed by atoms with van der Waals surface area (Å²) in [6.45, 7) is 6.56. The molecule has 0 N–H and O–H groups in total. The largest absolute Gasteiger partial charge is 0.462 e. The van der Waals surface area contributed by atoms with Crippen molar-refractivity contribution in [2.75, 3.05) is 13.2 Å². The third-order valence-corrected chi connectivity index (χ3v) is 15.7. The van der Waals surface area contributed by atoms with Gasteiger partial charge in [-0.25, -0.2) is 0 Å². The summed E-state index contributed by atoms with van der Waals surface area (Å²) in [5.74, 6) is -0.854. The molecule has 470 valence electrons. The topological polar surface area (TPSA) is 78.9 Å². The molecule has 0 heterocycles. The standard InChI is InChI=1S/C75H134O6/c1-4-7-10-13-16-19-21-23-25-27-29-31-32-33-34-35-36-37-38-39-40-41-42-44-45-47-49-51-53-56-59-62-65-68-74(77)80-71-72(70-79-73(76)67-64-61-58-55-18-15-12-9-6-3)81-75(78)69-66-63-60-57-54-52-50-48-46-43-30-28-26-24-22-20-17-14-11-8-5-2/h7,10,16,19,23,25,28-31,33-34,72H,4-6,8-9,11-15,17-18,20-22,24,26-27,32,35-71H2,1-3H3/b10-7-,19-16-,25-23-,30-28-,31-29-,34-33-. The molecule has 0 aliphatic carbocycles. The maximum absolute atomic E-state index is 12.9. The highest BCUT2D eigenvalue weighted by molar-refractivity contribution is 5.71. The van der Waals surface area contributed by atoms with Crippen LogP contribution in [0.2, 0.25) is 0 Å². The van der Waals surface area contributed by atoms with Gasteiger partial charge in [-0.3, -0.25) is 14.4 Å². The Balaban J connectivity index is 4.08. The van der Waals surface area contributed by atoms with Crippen LogP contribution >= 0.6 is 0 Å². The Labute approximate surface area is 503 Å². The summed E-state index contributed by atoms with van der Waals surface area (Å²) in [6, 6.07) is 0. The van der Waals surface area contributed by atoms with E-state index in [1.54, 1.807) is 0 Å². The zero-order valence-electron chi connectivity index (χ0n) is 54.1. The first-order valence-electron chi connectivity index (χ1n) is 35.4. The van der Waals surface area contributed by atoms with Crippen LogP contribution in [0.15, 0.2) is 72.9 Å². The highest BCUT2D eigenvalue weighted by Crippen LogP contribution is 2.18. The van der Waals surface area contributed by atoms with Crippen LogP contribution in [0.25, 0.3) is 0 Å². The molecule has 81 heavy (non-hydrogen) atoms. The van der Waals surface area contributed by atoms with Gasteiger partial charge in [0.05, 0.1) is 0 Å². The van der Waals surface area contributed by atoms with Gasteiger partial charge in [-0.1, -0.05) is 331 Å². The molecule has 0 aliphatic heterocycles. The molecular weight excluding hydrogens is 997 g/mol. The highest BCUT2D eigenvalue weighted by atomic mass is 16.6. The predicted molar refractivity (Wildman–Crippen MR) is 353 cm³/mol. The van der Waals surface area contributed by atoms with Crippen molar-refractivity contribution in [1.82, 2.24) is 0 Å². The van der Waals surface area contributed by atoms with Crippen molar-refractivity contribution >= 4 is 17.9 Å². The molecule has 0 fully saturated rings. The molecule has 0 aliphatic rings. The molecule has 0 radical (unpaired) electrons. The molecule has 1 unspecified atom stereocenters. The maximum atomic E-state index is 12.9. The number of allylic oxidation sites excluding steroid dienone is 12. The number of hydrogen-bond acceptors (Lipinski definition) is 6. The first-order valence-corrected chi connectivity index (χ1v) is 35.4. The third kappa shape index (κ3) is 67.5. The average molecular weight is 1130 g/mol. The van der Waals surface area contributed by atoms with Crippen molar-refractivity contribution in [3.8, 4) is 0 Å². The molecule has 6 heteroatoms. The fraction of sp³-hybridized carbons (Fsp3) is 0.800. The zero-order chi connectivity index (χ0) is 58.5. The molecule has 6 nitrogen and oxygen atoms in total. The van der Waals surface area contributed by atoms with Gasteiger partial charge in [0.1, 0.15) is 13.2 Å². The molecule has 0 saturated heterocycles. The number of unbranched alkanes of at least 4 members (excludes halogenated alkanes) is 42. The average Bonchev–Trinajstić information content (AvgIpc) is 3.47. The van der Waals surface area contributed by atoms with E-state index in [1.165, 1.54) is 238 Å². The summed E-state index contributed by atoms with van der Waals surface area (Å²) in [5, 5.41) is 0. The molecule has 0 spiro atoms. The van der Waals surface area contributed by atoms with Crippen molar-refractivity contribution in [2.45, 2.75) is 374 Å². The Kier molecular flexibility index (Phi) is 66.6. The van der Waals surface area contributed by atoms with Crippen molar-refractivity contribution < 1.29 is 28.6 Å². The van der Waals surface area contributed by atoms with Gasteiger partial charge in [0.15, 0.2) is 6.10 Å². The van der Waals surface area contributed by atoms with Crippen LogP contribution in [0.4, 0.5) is 0 Å². The molecule has 0 rings (SSSR count). The van der Waals surface area contributed by atoms with Crippen LogP contribution < -0.4 is 0 Å². The second kappa shape index (κ2) is 69.3. The molecule has 0 amide bonds. The predicted octanol–water partition coefficient (Wildman–Crippen LogP) is 24.4. The lowest BCUT2D eigenvalue weighted by Crippen LogP contribution is -2.30. The summed E-state index contributed by atoms with van der Waals surface area (Å²) < 4.78 is 16.9. The van der Waals surface area contributed by atoms with E-state index in [2.05, 4.69) is 93.7 Å². The van der Waals surface area contributed by atoms with Gasteiger partial charge in [-0.15, -0.1) is 0 Å². The molecular formula is C75H134O6. The van der Waals surface area contributed by atoms with Crippen molar-refractivity contribution in [1.29, 1.82) is 0 Å². The van der Waals surface area contributed by atoms with Crippen LogP contribution in [0, 0.1) is 0 Å². The number of esters is 3. The molecule has 0 aromatic carbocycles. The number of rotatable bonds is 65.